The fourth-order valence-corrected chi connectivity index (χ4v) is 1.90. The normalized spacial score (nSPS) is 10.5. The molecule has 8 heteroatoms. The van der Waals surface area contributed by atoms with Crippen molar-refractivity contribution in [3.8, 4) is 5.75 Å². The number of nitrogens with zero attached hydrogens (tertiary/aromatic N) is 1. The number of carbonyl (C=O) groups is 1. The molecule has 0 saturated carbocycles. The van der Waals surface area contributed by atoms with Gasteiger partial charge in [-0.2, -0.15) is 0 Å². The minimum Gasteiger partial charge on any atom is -0.867 e. The second-order valence-corrected chi connectivity index (χ2v) is 4.74. The maximum absolute atomic E-state index is 11.4. The number of halogens is 2. The van der Waals surface area contributed by atoms with Crippen molar-refractivity contribution in [2.24, 2.45) is 0 Å². The molecule has 1 heterocycles. The Labute approximate surface area is 122 Å². The number of rotatable bonds is 3. The lowest BCUT2D eigenvalue weighted by Gasteiger charge is -2.10. The topological polar surface area (TPSA) is 106 Å². The minimum atomic E-state index is -1.54. The van der Waals surface area contributed by atoms with Crippen LogP contribution in [0.25, 0.3) is 0 Å². The molecule has 0 bridgehead atoms. The summed E-state index contributed by atoms with van der Waals surface area (Å²) in [6, 6.07) is 4.78. The van der Waals surface area contributed by atoms with Gasteiger partial charge >= 0.3 is 5.97 Å². The Balaban J connectivity index is 2.41. The summed E-state index contributed by atoms with van der Waals surface area (Å²) in [6.45, 7) is 0. The molecule has 1 aromatic carbocycles. The van der Waals surface area contributed by atoms with E-state index in [1.54, 1.807) is 18.2 Å². The highest BCUT2D eigenvalue weighted by molar-refractivity contribution is 6.42. The van der Waals surface area contributed by atoms with Gasteiger partial charge in [0.05, 0.1) is 10.0 Å². The summed E-state index contributed by atoms with van der Waals surface area (Å²) in [6.07, 6.45) is 0.118. The number of benzene rings is 1. The monoisotopic (exact) mass is 313 g/mol. The third kappa shape index (κ3) is 2.92. The molecule has 0 saturated heterocycles. The van der Waals surface area contributed by atoms with Gasteiger partial charge in [-0.05, 0) is 23.4 Å². The van der Waals surface area contributed by atoms with E-state index in [0.29, 0.717) is 15.6 Å². The van der Waals surface area contributed by atoms with Crippen molar-refractivity contribution in [3.05, 3.63) is 55.7 Å². The van der Waals surface area contributed by atoms with Gasteiger partial charge in [0, 0.05) is 6.42 Å². The van der Waals surface area contributed by atoms with Crippen molar-refractivity contribution in [3.63, 3.8) is 0 Å². The lowest BCUT2D eigenvalue weighted by atomic mass is 10.1. The Morgan fingerprint density at radius 3 is 2.65 bits per heavy atom. The largest absolute Gasteiger partial charge is 0.867 e. The molecule has 0 fully saturated rings. The number of hydrogen-bond acceptors (Lipinski definition) is 4. The van der Waals surface area contributed by atoms with Crippen molar-refractivity contribution in [2.45, 2.75) is 6.42 Å². The van der Waals surface area contributed by atoms with Crippen molar-refractivity contribution < 1.29 is 15.0 Å². The summed E-state index contributed by atoms with van der Waals surface area (Å²) in [5.41, 5.74) is -1.16. The summed E-state index contributed by atoms with van der Waals surface area (Å²) in [5.74, 6) is -2.66. The molecule has 104 valence electrons. The molecule has 2 aromatic rings. The molecule has 1 aromatic heterocycles. The quantitative estimate of drug-likeness (QED) is 0.891. The summed E-state index contributed by atoms with van der Waals surface area (Å²) in [7, 11) is 0. The predicted octanol–water partition coefficient (Wildman–Crippen LogP) is 1.44. The maximum Gasteiger partial charge on any atom is 0.354 e. The summed E-state index contributed by atoms with van der Waals surface area (Å²) in [5, 5.41) is 20.8. The Morgan fingerprint density at radius 1 is 1.35 bits per heavy atom. The maximum atomic E-state index is 11.4. The second-order valence-electron chi connectivity index (χ2n) is 3.92. The molecular weight excluding hydrogens is 307 g/mol. The second kappa shape index (κ2) is 5.52. The van der Waals surface area contributed by atoms with Crippen LogP contribution in [0.3, 0.4) is 0 Å². The number of aromatic nitrogens is 2. The van der Waals surface area contributed by atoms with Gasteiger partial charge in [0.15, 0.2) is 0 Å². The van der Waals surface area contributed by atoms with E-state index in [-0.39, 0.29) is 12.2 Å². The molecule has 0 aliphatic carbocycles. The fraction of sp³-hybridized carbons (Fsp3) is 0.0833. The molecule has 0 unspecified atom stereocenters. The first kappa shape index (κ1) is 14.4. The van der Waals surface area contributed by atoms with E-state index in [1.807, 2.05) is 0 Å². The van der Waals surface area contributed by atoms with E-state index >= 15 is 0 Å². The number of aromatic amines is 1. The van der Waals surface area contributed by atoms with E-state index in [9.17, 15) is 14.7 Å². The van der Waals surface area contributed by atoms with E-state index < -0.39 is 23.0 Å². The third-order valence-corrected chi connectivity index (χ3v) is 3.22. The Bertz CT molecular complexity index is 743. The highest BCUT2D eigenvalue weighted by Gasteiger charge is 2.11. The first-order valence-corrected chi connectivity index (χ1v) is 6.11. The van der Waals surface area contributed by atoms with Crippen LogP contribution in [0.4, 0.5) is 0 Å². The number of nitrogens with one attached hydrogen (secondary N) is 1. The average molecular weight is 314 g/mol. The Kier molecular flexibility index (Phi) is 3.96. The van der Waals surface area contributed by atoms with Crippen molar-refractivity contribution in [1.82, 2.24) is 9.97 Å². The van der Waals surface area contributed by atoms with E-state index in [1.165, 1.54) is 0 Å². The molecule has 2 rings (SSSR count). The SMILES string of the molecule is O=C(O)c1nc(Cc2ccc(Cl)c(Cl)c2)[nH]c(=O)c1[O-]. The number of H-pyrrole nitrogens is 1. The van der Waals surface area contributed by atoms with Crippen LogP contribution in [-0.4, -0.2) is 21.0 Å². The standard InChI is InChI=1S/C12H8Cl2N2O4/c13-6-2-1-5(3-7(6)14)4-8-15-9(12(19)20)10(17)11(18)16-8/h1-3,17H,4H2,(H,19,20)(H,15,16,18)/p-1. The molecule has 0 aliphatic heterocycles. The molecule has 0 aliphatic rings. The van der Waals surface area contributed by atoms with Crippen molar-refractivity contribution in [2.75, 3.05) is 0 Å². The zero-order valence-electron chi connectivity index (χ0n) is 9.81. The Hall–Kier alpha value is -2.05. The third-order valence-electron chi connectivity index (χ3n) is 2.48. The van der Waals surface area contributed by atoms with Gasteiger partial charge in [-0.25, -0.2) is 9.78 Å². The molecule has 2 N–H and O–H groups in total. The van der Waals surface area contributed by atoms with Crippen LogP contribution in [0.2, 0.25) is 10.0 Å². The zero-order valence-corrected chi connectivity index (χ0v) is 11.3. The number of carboxylic acid groups (broad SMARTS) is 1. The molecule has 6 nitrogen and oxygen atoms in total. The summed E-state index contributed by atoms with van der Waals surface area (Å²) in [4.78, 5) is 28.1. The fourth-order valence-electron chi connectivity index (χ4n) is 1.58. The number of aromatic carboxylic acids is 1. The first-order valence-electron chi connectivity index (χ1n) is 5.36. The summed E-state index contributed by atoms with van der Waals surface area (Å²) >= 11 is 11.6. The highest BCUT2D eigenvalue weighted by Crippen LogP contribution is 2.23. The van der Waals surface area contributed by atoms with Gasteiger partial charge in [-0.3, -0.25) is 4.79 Å². The summed E-state index contributed by atoms with van der Waals surface area (Å²) < 4.78 is 0. The smallest absolute Gasteiger partial charge is 0.354 e. The molecular formula is C12H7Cl2N2O4-. The van der Waals surface area contributed by atoms with Gasteiger partial charge in [0.2, 0.25) is 5.56 Å². The van der Waals surface area contributed by atoms with Crippen LogP contribution in [0.1, 0.15) is 21.9 Å². The van der Waals surface area contributed by atoms with Crippen LogP contribution in [0, 0.1) is 0 Å². The van der Waals surface area contributed by atoms with Crippen LogP contribution < -0.4 is 10.7 Å². The van der Waals surface area contributed by atoms with Gasteiger partial charge in [0.25, 0.3) is 0 Å². The van der Waals surface area contributed by atoms with Crippen LogP contribution in [-0.2, 0) is 6.42 Å². The highest BCUT2D eigenvalue weighted by atomic mass is 35.5. The Morgan fingerprint density at radius 2 is 2.05 bits per heavy atom. The van der Waals surface area contributed by atoms with E-state index in [4.69, 9.17) is 28.3 Å². The lowest BCUT2D eigenvalue weighted by molar-refractivity contribution is -0.271. The van der Waals surface area contributed by atoms with E-state index in [0.717, 1.165) is 0 Å². The molecule has 0 amide bonds. The zero-order chi connectivity index (χ0) is 14.9. The van der Waals surface area contributed by atoms with Crippen LogP contribution in [0.5, 0.6) is 5.75 Å². The van der Waals surface area contributed by atoms with Gasteiger partial charge < -0.3 is 15.2 Å². The van der Waals surface area contributed by atoms with Gasteiger partial charge in [-0.1, -0.05) is 29.3 Å². The first-order chi connectivity index (χ1) is 9.38. The van der Waals surface area contributed by atoms with Crippen molar-refractivity contribution >= 4 is 29.2 Å². The number of carboxylic acids is 1. The number of hydrogen-bond donors (Lipinski definition) is 2. The molecule has 20 heavy (non-hydrogen) atoms. The van der Waals surface area contributed by atoms with Gasteiger partial charge in [-0.15, -0.1) is 0 Å². The minimum absolute atomic E-state index is 0.0605. The van der Waals surface area contributed by atoms with Gasteiger partial charge in [0.1, 0.15) is 11.5 Å². The molecule has 0 spiro atoms. The average Bonchev–Trinajstić information content (AvgIpc) is 2.37. The predicted molar refractivity (Wildman–Crippen MR) is 70.5 cm³/mol. The lowest BCUT2D eigenvalue weighted by Crippen LogP contribution is -2.22. The van der Waals surface area contributed by atoms with Crippen molar-refractivity contribution in [1.29, 1.82) is 0 Å². The van der Waals surface area contributed by atoms with Crippen LogP contribution in [0.15, 0.2) is 23.0 Å². The molecule has 0 atom stereocenters. The van der Waals surface area contributed by atoms with Crippen LogP contribution >= 0.6 is 23.2 Å². The molecule has 0 radical (unpaired) electrons. The van der Waals surface area contributed by atoms with E-state index in [2.05, 4.69) is 9.97 Å².